The van der Waals surface area contributed by atoms with Crippen LogP contribution in [0.15, 0.2) is 60.1 Å². The maximum absolute atomic E-state index is 12.7. The minimum absolute atomic E-state index is 0. The number of piperidine rings is 3. The first-order valence-corrected chi connectivity index (χ1v) is 22.4. The normalized spacial score (nSPS) is 28.6. The second kappa shape index (κ2) is 22.7. The zero-order valence-corrected chi connectivity index (χ0v) is 42.1. The molecule has 0 saturated carbocycles. The van der Waals surface area contributed by atoms with Gasteiger partial charge in [0.2, 0.25) is 0 Å². The van der Waals surface area contributed by atoms with Crippen molar-refractivity contribution in [2.24, 2.45) is 23.7 Å². The molecule has 1 unspecified atom stereocenters. The van der Waals surface area contributed by atoms with E-state index in [4.69, 9.17) is 49.7 Å². The average molecular weight is 917 g/mol. The van der Waals surface area contributed by atoms with Crippen molar-refractivity contribution in [1.29, 1.82) is 5.26 Å². The fourth-order valence-electron chi connectivity index (χ4n) is 12.0. The Kier molecular flexibility index (Phi) is 18.2. The summed E-state index contributed by atoms with van der Waals surface area (Å²) in [4.78, 5) is 34.0. The van der Waals surface area contributed by atoms with Gasteiger partial charge in [0.15, 0.2) is 5.72 Å². The summed E-state index contributed by atoms with van der Waals surface area (Å²) < 4.78 is 45.5. The molecule has 3 aromatic rings. The molecule has 6 aliphatic rings. The number of fused-ring (bicyclic) bond motifs is 7. The Morgan fingerprint density at radius 2 is 1.41 bits per heavy atom. The third kappa shape index (κ3) is 8.97. The second-order valence-corrected chi connectivity index (χ2v) is 17.3. The van der Waals surface area contributed by atoms with Crippen LogP contribution in [0.5, 0.6) is 11.5 Å². The van der Waals surface area contributed by atoms with Crippen LogP contribution in [0.25, 0.3) is 10.9 Å². The second-order valence-electron chi connectivity index (χ2n) is 17.3. The Balaban J connectivity index is 0.000000234. The molecule has 9 rings (SSSR count). The monoisotopic (exact) mass is 916 g/mol. The molecule has 0 bridgehead atoms. The number of ether oxygens (including phenoxy) is 8. The van der Waals surface area contributed by atoms with Gasteiger partial charge in [0.1, 0.15) is 17.1 Å². The summed E-state index contributed by atoms with van der Waals surface area (Å²) in [6, 6.07) is 12.5. The number of nitrogens with zero attached hydrogens (tertiary/aromatic N) is 3. The van der Waals surface area contributed by atoms with E-state index < -0.39 is 11.3 Å². The number of carbonyl (C=O) groups is 2. The summed E-state index contributed by atoms with van der Waals surface area (Å²) in [5.41, 5.74) is 5.59. The van der Waals surface area contributed by atoms with Gasteiger partial charge in [0.25, 0.3) is 0 Å². The Labute approximate surface area is 413 Å². The van der Waals surface area contributed by atoms with Gasteiger partial charge in [0, 0.05) is 56.9 Å². The molecule has 4 saturated heterocycles. The molecule has 0 spiro atoms. The topological polar surface area (TPSA) is 166 Å². The van der Waals surface area contributed by atoms with E-state index in [-0.39, 0.29) is 73.8 Å². The van der Waals surface area contributed by atoms with Gasteiger partial charge in [-0.05, 0) is 79.2 Å². The number of nitrogens with one attached hydrogen (secondary N) is 2. The number of anilines is 1. The summed E-state index contributed by atoms with van der Waals surface area (Å²) in [5.74, 6) is 1.91. The minimum atomic E-state index is -0.758. The minimum Gasteiger partial charge on any atom is -0.512 e. The molecule has 2 aromatic carbocycles. The third-order valence-corrected chi connectivity index (χ3v) is 14.8. The summed E-state index contributed by atoms with van der Waals surface area (Å²) in [6.07, 6.45) is 8.52. The van der Waals surface area contributed by atoms with Crippen LogP contribution >= 0.6 is 0 Å². The molecular formula is C49H64BN5NaO10. The van der Waals surface area contributed by atoms with Crippen molar-refractivity contribution in [2.45, 2.75) is 75.8 Å². The molecule has 7 heterocycles. The zero-order valence-electron chi connectivity index (χ0n) is 40.1. The zero-order chi connectivity index (χ0) is 45.8. The number of H-pyrrole nitrogens is 1. The van der Waals surface area contributed by atoms with Gasteiger partial charge < -0.3 is 60.0 Å². The number of methoxy groups -OCH3 is 6. The van der Waals surface area contributed by atoms with E-state index in [1.54, 1.807) is 41.0 Å². The molecule has 66 heavy (non-hydrogen) atoms. The van der Waals surface area contributed by atoms with Crippen LogP contribution in [-0.4, -0.2) is 129 Å². The quantitative estimate of drug-likeness (QED) is 0.1000. The molecule has 6 aliphatic heterocycles. The fourth-order valence-corrected chi connectivity index (χ4v) is 12.0. The van der Waals surface area contributed by atoms with Gasteiger partial charge in [-0.25, -0.2) is 9.59 Å². The summed E-state index contributed by atoms with van der Waals surface area (Å²) in [6.45, 7) is 13.9. The van der Waals surface area contributed by atoms with Crippen LogP contribution in [0, 0.1) is 35.5 Å². The van der Waals surface area contributed by atoms with Crippen molar-refractivity contribution in [3.63, 3.8) is 0 Å². The van der Waals surface area contributed by atoms with Crippen molar-refractivity contribution < 1.29 is 77.0 Å². The van der Waals surface area contributed by atoms with E-state index in [1.165, 1.54) is 30.9 Å². The molecule has 8 atom stereocenters. The maximum Gasteiger partial charge on any atom is 1.00 e. The standard InChI is InChI=1S/C25H34N2O6.C23H30N2O4.CN.B.Na/c1-5-16-14-27-10-9-24-22-19(7-6-8-20(22)30-3)26-25(24,33-12-11-32-24)21(27)13-17(16)18(15-29-2)23(28)31-4;1-5-14-12-25-10-9-15-21-18(7-6-8-20(21)28-3)24-22(15)19(25)11-16(14)17(13-27-2)23(26)29-4;1-2;;/h6-8,15-17,21,26H,5,9-14H2,1-4H3;6-8,13-14,16,19,24H,5,9-12H2,1-4H3;;;/q;;-1;;+1/b18-15+;17-13+;;;/t16?,17-,21-,24-,25-;14-,16+,19+;;;/m01.../s1. The van der Waals surface area contributed by atoms with E-state index in [0.717, 1.165) is 93.0 Å². The molecule has 17 heteroatoms. The van der Waals surface area contributed by atoms with Crippen molar-refractivity contribution in [2.75, 3.05) is 87.4 Å². The number of aromatic amines is 1. The molecule has 1 aromatic heterocycles. The molecule has 0 amide bonds. The van der Waals surface area contributed by atoms with Crippen molar-refractivity contribution in [1.82, 2.24) is 14.8 Å². The van der Waals surface area contributed by atoms with Crippen LogP contribution in [-0.2, 0) is 50.0 Å². The first-order chi connectivity index (χ1) is 31.2. The van der Waals surface area contributed by atoms with Crippen LogP contribution in [0.4, 0.5) is 5.69 Å². The Bertz CT molecular complexity index is 2250. The Morgan fingerprint density at radius 3 is 2.02 bits per heavy atom. The van der Waals surface area contributed by atoms with Crippen LogP contribution in [0.3, 0.4) is 0 Å². The van der Waals surface area contributed by atoms with E-state index >= 15 is 0 Å². The summed E-state index contributed by atoms with van der Waals surface area (Å²) >= 11 is 0. The predicted molar refractivity (Wildman–Crippen MR) is 244 cm³/mol. The largest absolute Gasteiger partial charge is 1.00 e. The average Bonchev–Trinajstić information content (AvgIpc) is 3.89. The predicted octanol–water partition coefficient (Wildman–Crippen LogP) is 3.43. The number of rotatable bonds is 10. The first kappa shape index (κ1) is 52.8. The molecule has 3 radical (unpaired) electrons. The SMILES string of the molecule is CCC1CN2CC[C@@]34OCCO[C@@]3(Nc3cccc(OC)c34)[C@@H]2C[C@@H]1/C(=C\OC)C(=O)OC.CC[C@@H]1CN2CCc3c([nH]c4cccc(OC)c34)[C@@H]2C[C@@H]1/C(=C\OC)C(=O)OC.[B].[C-]#N.[Na+]. The Morgan fingerprint density at radius 1 is 0.818 bits per heavy atom. The van der Waals surface area contributed by atoms with Gasteiger partial charge >= 0.3 is 41.5 Å². The van der Waals surface area contributed by atoms with Crippen molar-refractivity contribution in [3.05, 3.63) is 83.5 Å². The van der Waals surface area contributed by atoms with Gasteiger partial charge in [-0.3, -0.25) is 9.80 Å². The van der Waals surface area contributed by atoms with Gasteiger partial charge in [-0.2, -0.15) is 0 Å². The Hall–Kier alpha value is -4.21. The first-order valence-electron chi connectivity index (χ1n) is 22.4. The fraction of sp³-hybridized carbons (Fsp3) is 0.571. The van der Waals surface area contributed by atoms with E-state index in [2.05, 4.69) is 46.1 Å². The van der Waals surface area contributed by atoms with E-state index in [9.17, 15) is 9.59 Å². The number of esters is 2. The molecular weight excluding hydrogens is 852 g/mol. The van der Waals surface area contributed by atoms with Gasteiger partial charge in [-0.1, -0.05) is 38.8 Å². The molecule has 15 nitrogen and oxygen atoms in total. The summed E-state index contributed by atoms with van der Waals surface area (Å²) in [5, 5.41) is 11.2. The number of aromatic nitrogens is 1. The van der Waals surface area contributed by atoms with Crippen LogP contribution < -0.4 is 44.3 Å². The van der Waals surface area contributed by atoms with Crippen LogP contribution in [0.2, 0.25) is 0 Å². The number of carbonyl (C=O) groups excluding carboxylic acids is 2. The number of benzene rings is 2. The smallest absolute Gasteiger partial charge is 0.512 e. The molecule has 4 fully saturated rings. The number of hydrogen-bond donors (Lipinski definition) is 2. The van der Waals surface area contributed by atoms with Crippen LogP contribution in [0.1, 0.15) is 68.8 Å². The summed E-state index contributed by atoms with van der Waals surface area (Å²) in [7, 11) is 9.44. The molecule has 2 N–H and O–H groups in total. The van der Waals surface area contributed by atoms with E-state index in [0.29, 0.717) is 36.2 Å². The molecule has 349 valence electrons. The van der Waals surface area contributed by atoms with Crippen molar-refractivity contribution >= 4 is 36.9 Å². The molecule has 0 aliphatic carbocycles. The van der Waals surface area contributed by atoms with E-state index in [1.807, 2.05) is 24.3 Å². The number of hydrogen-bond acceptors (Lipinski definition) is 14. The maximum atomic E-state index is 12.7. The third-order valence-electron chi connectivity index (χ3n) is 14.8. The van der Waals surface area contributed by atoms with Gasteiger partial charge in [0.05, 0.1) is 97.2 Å². The van der Waals surface area contributed by atoms with Crippen molar-refractivity contribution in [3.8, 4) is 11.5 Å². The van der Waals surface area contributed by atoms with Gasteiger partial charge in [-0.15, -0.1) is 0 Å².